The summed E-state index contributed by atoms with van der Waals surface area (Å²) in [7, 11) is -3.68. The molecule has 0 aromatic heterocycles. The molecule has 0 atom stereocenters. The van der Waals surface area contributed by atoms with Crippen molar-refractivity contribution in [3.05, 3.63) is 64.9 Å². The summed E-state index contributed by atoms with van der Waals surface area (Å²) in [6, 6.07) is 10.1. The van der Waals surface area contributed by atoms with Gasteiger partial charge in [0.15, 0.2) is 0 Å². The summed E-state index contributed by atoms with van der Waals surface area (Å²) in [5.41, 5.74) is 0.421. The highest BCUT2D eigenvalue weighted by molar-refractivity contribution is 7.89. The second-order valence-electron chi connectivity index (χ2n) is 5.58. The number of amides is 1. The van der Waals surface area contributed by atoms with Crippen molar-refractivity contribution >= 4 is 39.3 Å². The Bertz CT molecular complexity index is 957. The van der Waals surface area contributed by atoms with E-state index in [1.807, 2.05) is 0 Å². The monoisotopic (exact) mass is 410 g/mol. The summed E-state index contributed by atoms with van der Waals surface area (Å²) in [5, 5.41) is 2.72. The average Bonchev–Trinajstić information content (AvgIpc) is 2.63. The molecule has 2 aromatic rings. The molecule has 2 rings (SSSR count). The van der Waals surface area contributed by atoms with Crippen LogP contribution in [0.15, 0.2) is 53.4 Å². The minimum absolute atomic E-state index is 0.0315. The third kappa shape index (κ3) is 5.15. The van der Waals surface area contributed by atoms with Crippen LogP contribution >= 0.6 is 11.6 Å². The molecular formula is C19H20ClFN2O3S. The van der Waals surface area contributed by atoms with E-state index < -0.39 is 21.7 Å². The normalized spacial score (nSPS) is 11.9. The van der Waals surface area contributed by atoms with E-state index in [0.29, 0.717) is 13.1 Å². The highest BCUT2D eigenvalue weighted by Gasteiger charge is 2.22. The molecule has 1 amide bonds. The Labute approximate surface area is 163 Å². The van der Waals surface area contributed by atoms with Crippen molar-refractivity contribution in [1.82, 2.24) is 4.31 Å². The number of nitrogens with one attached hydrogen (secondary N) is 1. The van der Waals surface area contributed by atoms with Gasteiger partial charge < -0.3 is 5.32 Å². The Morgan fingerprint density at radius 1 is 1.19 bits per heavy atom. The van der Waals surface area contributed by atoms with E-state index in [9.17, 15) is 17.6 Å². The minimum Gasteiger partial charge on any atom is -0.321 e. The van der Waals surface area contributed by atoms with Crippen molar-refractivity contribution in [2.75, 3.05) is 18.4 Å². The molecule has 144 valence electrons. The summed E-state index contributed by atoms with van der Waals surface area (Å²) in [6.07, 6.45) is 2.48. The number of halogens is 2. The minimum atomic E-state index is -3.68. The number of anilines is 1. The summed E-state index contributed by atoms with van der Waals surface area (Å²) in [4.78, 5) is 12.1. The van der Waals surface area contributed by atoms with Gasteiger partial charge in [-0.25, -0.2) is 12.8 Å². The van der Waals surface area contributed by atoms with Crippen LogP contribution in [0.25, 0.3) is 6.08 Å². The maximum absolute atomic E-state index is 13.6. The zero-order chi connectivity index (χ0) is 20.0. The third-order valence-electron chi connectivity index (χ3n) is 3.86. The Kier molecular flexibility index (Phi) is 7.12. The lowest BCUT2D eigenvalue weighted by atomic mass is 10.2. The van der Waals surface area contributed by atoms with E-state index in [-0.39, 0.29) is 21.2 Å². The van der Waals surface area contributed by atoms with E-state index in [1.165, 1.54) is 40.7 Å². The summed E-state index contributed by atoms with van der Waals surface area (Å²) < 4.78 is 40.1. The van der Waals surface area contributed by atoms with Gasteiger partial charge in [-0.1, -0.05) is 43.6 Å². The van der Waals surface area contributed by atoms with E-state index >= 15 is 0 Å². The zero-order valence-electron chi connectivity index (χ0n) is 14.9. The van der Waals surface area contributed by atoms with Crippen LogP contribution < -0.4 is 5.32 Å². The number of nitrogens with zero attached hydrogens (tertiary/aromatic N) is 1. The van der Waals surface area contributed by atoms with Gasteiger partial charge in [0.2, 0.25) is 15.9 Å². The van der Waals surface area contributed by atoms with Crippen molar-refractivity contribution in [2.24, 2.45) is 0 Å². The Balaban J connectivity index is 2.24. The van der Waals surface area contributed by atoms with Crippen LogP contribution in [0.1, 0.15) is 19.4 Å². The molecule has 0 saturated heterocycles. The largest absolute Gasteiger partial charge is 0.321 e. The van der Waals surface area contributed by atoms with Gasteiger partial charge in [-0.15, -0.1) is 0 Å². The molecule has 0 heterocycles. The predicted molar refractivity (Wildman–Crippen MR) is 106 cm³/mol. The van der Waals surface area contributed by atoms with Gasteiger partial charge in [0.25, 0.3) is 0 Å². The predicted octanol–water partition coefficient (Wildman–Crippen LogP) is 4.16. The molecule has 0 aliphatic heterocycles. The first-order chi connectivity index (χ1) is 12.8. The molecule has 0 aliphatic carbocycles. The number of hydrogen-bond donors (Lipinski definition) is 1. The van der Waals surface area contributed by atoms with Crippen LogP contribution in [0.3, 0.4) is 0 Å². The van der Waals surface area contributed by atoms with Gasteiger partial charge in [0.1, 0.15) is 5.82 Å². The Morgan fingerprint density at radius 3 is 2.48 bits per heavy atom. The highest BCUT2D eigenvalue weighted by atomic mass is 35.5. The van der Waals surface area contributed by atoms with Crippen molar-refractivity contribution in [3.63, 3.8) is 0 Å². The van der Waals surface area contributed by atoms with Crippen molar-refractivity contribution in [2.45, 2.75) is 18.7 Å². The maximum Gasteiger partial charge on any atom is 0.248 e. The fraction of sp³-hybridized carbons (Fsp3) is 0.211. The van der Waals surface area contributed by atoms with Crippen molar-refractivity contribution in [1.29, 1.82) is 0 Å². The van der Waals surface area contributed by atoms with Gasteiger partial charge in [-0.05, 0) is 30.3 Å². The molecule has 8 heteroatoms. The van der Waals surface area contributed by atoms with Crippen molar-refractivity contribution < 1.29 is 17.6 Å². The highest BCUT2D eigenvalue weighted by Crippen LogP contribution is 2.27. The lowest BCUT2D eigenvalue weighted by Crippen LogP contribution is -2.30. The Morgan fingerprint density at radius 2 is 1.85 bits per heavy atom. The van der Waals surface area contributed by atoms with Crippen LogP contribution in [0.4, 0.5) is 10.1 Å². The number of sulfonamides is 1. The molecule has 0 bridgehead atoms. The standard InChI is InChI=1S/C19H20ClFN2O3S/c1-3-23(4-2)27(25,26)15-10-11-16(20)18(13-15)22-19(24)12-9-14-7-5-6-8-17(14)21/h5-13H,3-4H2,1-2H3,(H,22,24)/b12-9+. The topological polar surface area (TPSA) is 66.5 Å². The first kappa shape index (κ1) is 21.1. The third-order valence-corrected chi connectivity index (χ3v) is 6.23. The van der Waals surface area contributed by atoms with Gasteiger partial charge in [-0.2, -0.15) is 4.31 Å². The lowest BCUT2D eigenvalue weighted by Gasteiger charge is -2.19. The van der Waals surface area contributed by atoms with Gasteiger partial charge in [0, 0.05) is 24.7 Å². The maximum atomic E-state index is 13.6. The van der Waals surface area contributed by atoms with Crippen LogP contribution in [-0.2, 0) is 14.8 Å². The number of rotatable bonds is 7. The molecule has 0 saturated carbocycles. The smallest absolute Gasteiger partial charge is 0.248 e. The van der Waals surface area contributed by atoms with Crippen LogP contribution in [0.2, 0.25) is 5.02 Å². The molecule has 2 aromatic carbocycles. The first-order valence-corrected chi connectivity index (χ1v) is 10.1. The molecule has 27 heavy (non-hydrogen) atoms. The van der Waals surface area contributed by atoms with E-state index in [1.54, 1.807) is 26.0 Å². The van der Waals surface area contributed by atoms with Gasteiger partial charge in [0.05, 0.1) is 15.6 Å². The van der Waals surface area contributed by atoms with Crippen LogP contribution in [0.5, 0.6) is 0 Å². The second-order valence-corrected chi connectivity index (χ2v) is 7.92. The molecule has 0 spiro atoms. The average molecular weight is 411 g/mol. The summed E-state index contributed by atoms with van der Waals surface area (Å²) in [6.45, 7) is 4.14. The first-order valence-electron chi connectivity index (χ1n) is 8.32. The fourth-order valence-corrected chi connectivity index (χ4v) is 4.07. The summed E-state index contributed by atoms with van der Waals surface area (Å²) in [5.74, 6) is -1.01. The van der Waals surface area contributed by atoms with Gasteiger partial charge in [-0.3, -0.25) is 4.79 Å². The second kappa shape index (κ2) is 9.12. The zero-order valence-corrected chi connectivity index (χ0v) is 16.5. The molecule has 0 unspecified atom stereocenters. The SMILES string of the molecule is CCN(CC)S(=O)(=O)c1ccc(Cl)c(NC(=O)/C=C/c2ccccc2F)c1. The molecule has 0 fully saturated rings. The van der Waals surface area contributed by atoms with E-state index in [0.717, 1.165) is 6.08 Å². The lowest BCUT2D eigenvalue weighted by molar-refractivity contribution is -0.111. The van der Waals surface area contributed by atoms with Crippen LogP contribution in [0, 0.1) is 5.82 Å². The van der Waals surface area contributed by atoms with Gasteiger partial charge >= 0.3 is 0 Å². The fourth-order valence-electron chi connectivity index (χ4n) is 2.42. The molecule has 1 N–H and O–H groups in total. The van der Waals surface area contributed by atoms with Crippen molar-refractivity contribution in [3.8, 4) is 0 Å². The molecular weight excluding hydrogens is 391 g/mol. The molecule has 0 radical (unpaired) electrons. The van der Waals surface area contributed by atoms with E-state index in [2.05, 4.69) is 5.32 Å². The number of hydrogen-bond acceptors (Lipinski definition) is 3. The van der Waals surface area contributed by atoms with Crippen LogP contribution in [-0.4, -0.2) is 31.7 Å². The number of benzene rings is 2. The molecule has 5 nitrogen and oxygen atoms in total. The molecule has 0 aliphatic rings. The van der Waals surface area contributed by atoms with E-state index in [4.69, 9.17) is 11.6 Å². The number of carbonyl (C=O) groups excluding carboxylic acids is 1. The summed E-state index contributed by atoms with van der Waals surface area (Å²) >= 11 is 6.07. The number of carbonyl (C=O) groups is 1. The Hall–Kier alpha value is -2.22. The quantitative estimate of drug-likeness (QED) is 0.697.